The van der Waals surface area contributed by atoms with Crippen LogP contribution in [0, 0.1) is 6.92 Å². The van der Waals surface area contributed by atoms with Gasteiger partial charge in [0.1, 0.15) is 5.82 Å². The predicted molar refractivity (Wildman–Crippen MR) is 77.5 cm³/mol. The maximum atomic E-state index is 12.7. The molecule has 2 aromatic heterocycles. The van der Waals surface area contributed by atoms with E-state index >= 15 is 0 Å². The fourth-order valence-electron chi connectivity index (χ4n) is 2.68. The Morgan fingerprint density at radius 3 is 2.78 bits per heavy atom. The fraction of sp³-hybridized carbons (Fsp3) is 0.500. The Bertz CT molecular complexity index is 704. The Hall–Kier alpha value is -1.83. The van der Waals surface area contributed by atoms with Crippen molar-refractivity contribution in [1.29, 1.82) is 0 Å². The lowest BCUT2D eigenvalue weighted by molar-refractivity contribution is -0.137. The van der Waals surface area contributed by atoms with E-state index in [1.165, 1.54) is 0 Å². The molecule has 9 heteroatoms. The molecule has 2 aromatic rings. The van der Waals surface area contributed by atoms with Crippen LogP contribution in [0.25, 0.3) is 0 Å². The highest BCUT2D eigenvalue weighted by molar-refractivity contribution is 6.33. The highest BCUT2D eigenvalue weighted by atomic mass is 35.5. The van der Waals surface area contributed by atoms with E-state index in [0.29, 0.717) is 30.6 Å². The summed E-state index contributed by atoms with van der Waals surface area (Å²) in [5.41, 5.74) is -0.853. The molecule has 0 aromatic carbocycles. The quantitative estimate of drug-likeness (QED) is 0.827. The van der Waals surface area contributed by atoms with Gasteiger partial charge in [-0.05, 0) is 18.9 Å². The molecule has 1 unspecified atom stereocenters. The van der Waals surface area contributed by atoms with Gasteiger partial charge in [0, 0.05) is 32.1 Å². The maximum Gasteiger partial charge on any atom is 0.417 e. The molecule has 0 radical (unpaired) electrons. The monoisotopic (exact) mass is 346 g/mol. The van der Waals surface area contributed by atoms with Gasteiger partial charge in [-0.2, -0.15) is 18.2 Å². The van der Waals surface area contributed by atoms with Crippen molar-refractivity contribution >= 4 is 17.4 Å². The minimum absolute atomic E-state index is 0.00947. The first-order valence-corrected chi connectivity index (χ1v) is 7.50. The van der Waals surface area contributed by atoms with Crippen molar-refractivity contribution in [3.05, 3.63) is 34.6 Å². The second-order valence-electron chi connectivity index (χ2n) is 5.48. The average Bonchev–Trinajstić information content (AvgIpc) is 2.93. The van der Waals surface area contributed by atoms with Gasteiger partial charge >= 0.3 is 6.18 Å². The van der Waals surface area contributed by atoms with Crippen LogP contribution in [0.5, 0.6) is 0 Å². The molecule has 1 aliphatic rings. The van der Waals surface area contributed by atoms with Crippen molar-refractivity contribution in [2.45, 2.75) is 31.9 Å². The van der Waals surface area contributed by atoms with E-state index in [9.17, 15) is 13.2 Å². The van der Waals surface area contributed by atoms with Crippen LogP contribution >= 0.6 is 11.6 Å². The average molecular weight is 347 g/mol. The lowest BCUT2D eigenvalue weighted by Gasteiger charge is -2.32. The summed E-state index contributed by atoms with van der Waals surface area (Å²) < 4.78 is 43.1. The first kappa shape index (κ1) is 16.0. The number of hydrogen-bond acceptors (Lipinski definition) is 5. The molecule has 0 saturated carbocycles. The van der Waals surface area contributed by atoms with E-state index in [1.54, 1.807) is 6.92 Å². The number of alkyl halides is 3. The van der Waals surface area contributed by atoms with Gasteiger partial charge in [-0.3, -0.25) is 0 Å². The van der Waals surface area contributed by atoms with Gasteiger partial charge in [-0.15, -0.1) is 0 Å². The molecule has 0 amide bonds. The van der Waals surface area contributed by atoms with Crippen LogP contribution in [-0.2, 0) is 6.18 Å². The van der Waals surface area contributed by atoms with Crippen molar-refractivity contribution in [1.82, 2.24) is 15.1 Å². The van der Waals surface area contributed by atoms with Crippen LogP contribution in [-0.4, -0.2) is 28.2 Å². The fourth-order valence-corrected chi connectivity index (χ4v) is 2.97. The van der Waals surface area contributed by atoms with Crippen LogP contribution in [0.1, 0.15) is 36.0 Å². The normalized spacial score (nSPS) is 19.2. The predicted octanol–water partition coefficient (Wildman–Crippen LogP) is 3.83. The molecule has 1 atom stereocenters. The van der Waals surface area contributed by atoms with E-state index in [4.69, 9.17) is 16.1 Å². The molecule has 1 aliphatic heterocycles. The Labute approximate surface area is 135 Å². The third-order valence-corrected chi connectivity index (χ3v) is 4.06. The standard InChI is InChI=1S/C14H14ClF3N4O/c1-8-20-12(21-23-8)9-3-2-4-22(7-9)13-11(15)5-10(6-19-13)14(16,17)18/h5-6,9H,2-4,7H2,1H3. The molecule has 3 heterocycles. The van der Waals surface area contributed by atoms with Gasteiger partial charge < -0.3 is 9.42 Å². The van der Waals surface area contributed by atoms with Crippen LogP contribution in [0.3, 0.4) is 0 Å². The molecule has 1 fully saturated rings. The van der Waals surface area contributed by atoms with Gasteiger partial charge in [0.05, 0.1) is 10.6 Å². The molecule has 0 N–H and O–H groups in total. The summed E-state index contributed by atoms with van der Waals surface area (Å²) in [6, 6.07) is 0.909. The first-order valence-electron chi connectivity index (χ1n) is 7.12. The summed E-state index contributed by atoms with van der Waals surface area (Å²) in [4.78, 5) is 10.00. The first-order chi connectivity index (χ1) is 10.8. The maximum absolute atomic E-state index is 12.7. The molecule has 0 aliphatic carbocycles. The number of piperidine rings is 1. The lowest BCUT2D eigenvalue weighted by atomic mass is 9.97. The van der Waals surface area contributed by atoms with E-state index in [2.05, 4.69) is 15.1 Å². The number of halogens is 4. The number of pyridine rings is 1. The Morgan fingerprint density at radius 2 is 2.17 bits per heavy atom. The van der Waals surface area contributed by atoms with Crippen molar-refractivity contribution in [2.75, 3.05) is 18.0 Å². The SMILES string of the molecule is Cc1nc(C2CCCN(c3ncc(C(F)(F)F)cc3Cl)C2)no1. The van der Waals surface area contributed by atoms with Crippen molar-refractivity contribution in [3.63, 3.8) is 0 Å². The van der Waals surface area contributed by atoms with Gasteiger partial charge in [0.25, 0.3) is 0 Å². The zero-order valence-electron chi connectivity index (χ0n) is 12.3. The van der Waals surface area contributed by atoms with Crippen molar-refractivity contribution < 1.29 is 17.7 Å². The second kappa shape index (κ2) is 5.99. The number of anilines is 1. The van der Waals surface area contributed by atoms with Crippen LogP contribution in [0.2, 0.25) is 5.02 Å². The number of hydrogen-bond donors (Lipinski definition) is 0. The molecule has 1 saturated heterocycles. The van der Waals surface area contributed by atoms with Gasteiger partial charge in [-0.25, -0.2) is 4.98 Å². The number of rotatable bonds is 2. The second-order valence-corrected chi connectivity index (χ2v) is 5.89. The Balaban J connectivity index is 1.81. The van der Waals surface area contributed by atoms with Crippen LogP contribution < -0.4 is 4.90 Å². The zero-order chi connectivity index (χ0) is 16.6. The Morgan fingerprint density at radius 1 is 1.39 bits per heavy atom. The molecule has 0 spiro atoms. The summed E-state index contributed by atoms with van der Waals surface area (Å²) in [6.45, 7) is 2.92. The van der Waals surface area contributed by atoms with Gasteiger partial charge in [0.15, 0.2) is 5.82 Å². The molecule has 3 rings (SSSR count). The summed E-state index contributed by atoms with van der Waals surface area (Å²) in [6.07, 6.45) is -1.92. The number of nitrogens with zero attached hydrogens (tertiary/aromatic N) is 4. The molecular formula is C14H14ClF3N4O. The van der Waals surface area contributed by atoms with E-state index in [1.807, 2.05) is 4.90 Å². The lowest BCUT2D eigenvalue weighted by Crippen LogP contribution is -2.35. The topological polar surface area (TPSA) is 55.1 Å². The van der Waals surface area contributed by atoms with E-state index in [0.717, 1.165) is 25.1 Å². The van der Waals surface area contributed by atoms with Crippen molar-refractivity contribution in [2.24, 2.45) is 0 Å². The molecule has 0 bridgehead atoms. The Kier molecular flexibility index (Phi) is 4.18. The summed E-state index contributed by atoms with van der Waals surface area (Å²) in [5, 5.41) is 3.91. The zero-order valence-corrected chi connectivity index (χ0v) is 13.0. The van der Waals surface area contributed by atoms with Crippen molar-refractivity contribution in [3.8, 4) is 0 Å². The third kappa shape index (κ3) is 3.41. The minimum atomic E-state index is -4.46. The summed E-state index contributed by atoms with van der Waals surface area (Å²) in [7, 11) is 0. The van der Waals surface area contributed by atoms with Gasteiger partial charge in [-0.1, -0.05) is 16.8 Å². The summed E-state index contributed by atoms with van der Waals surface area (Å²) in [5.74, 6) is 1.49. The molecule has 124 valence electrons. The van der Waals surface area contributed by atoms with E-state index < -0.39 is 11.7 Å². The summed E-state index contributed by atoms with van der Waals surface area (Å²) >= 11 is 6.01. The minimum Gasteiger partial charge on any atom is -0.355 e. The molecule has 5 nitrogen and oxygen atoms in total. The highest BCUT2D eigenvalue weighted by Crippen LogP contribution is 2.35. The largest absolute Gasteiger partial charge is 0.417 e. The smallest absolute Gasteiger partial charge is 0.355 e. The molecule has 23 heavy (non-hydrogen) atoms. The van der Waals surface area contributed by atoms with E-state index in [-0.39, 0.29) is 10.9 Å². The van der Waals surface area contributed by atoms with Crippen LogP contribution in [0.4, 0.5) is 19.0 Å². The number of aryl methyl sites for hydroxylation is 1. The highest BCUT2D eigenvalue weighted by Gasteiger charge is 2.33. The molecular weight excluding hydrogens is 333 g/mol. The number of aromatic nitrogens is 3. The van der Waals surface area contributed by atoms with Gasteiger partial charge in [0.2, 0.25) is 5.89 Å². The third-order valence-electron chi connectivity index (χ3n) is 3.78. The van der Waals surface area contributed by atoms with Crippen LogP contribution in [0.15, 0.2) is 16.8 Å².